The fourth-order valence-electron chi connectivity index (χ4n) is 2.08. The van der Waals surface area contributed by atoms with E-state index >= 15 is 0 Å². The predicted molar refractivity (Wildman–Crippen MR) is 92.7 cm³/mol. The van der Waals surface area contributed by atoms with E-state index in [1.807, 2.05) is 6.07 Å². The summed E-state index contributed by atoms with van der Waals surface area (Å²) < 4.78 is 0. The van der Waals surface area contributed by atoms with Crippen LogP contribution in [0.4, 0.5) is 0 Å². The maximum atomic E-state index is 11.6. The molecule has 0 saturated heterocycles. The van der Waals surface area contributed by atoms with Crippen molar-refractivity contribution in [2.24, 2.45) is 4.99 Å². The van der Waals surface area contributed by atoms with Gasteiger partial charge in [-0.25, -0.2) is 4.98 Å². The lowest BCUT2D eigenvalue weighted by molar-refractivity contribution is -0.121. The summed E-state index contributed by atoms with van der Waals surface area (Å²) in [6, 6.07) is 4.19. The summed E-state index contributed by atoms with van der Waals surface area (Å²) in [6.07, 6.45) is 6.22. The number of halogens is 1. The molecule has 0 unspecified atom stereocenters. The van der Waals surface area contributed by atoms with Gasteiger partial charge in [0.15, 0.2) is 5.96 Å². The molecule has 0 atom stereocenters. The van der Waals surface area contributed by atoms with Gasteiger partial charge < -0.3 is 16.0 Å². The fraction of sp³-hybridized carbons (Fsp3) is 0.562. The second-order valence-corrected chi connectivity index (χ2v) is 6.00. The van der Waals surface area contributed by atoms with E-state index in [0.717, 1.165) is 50.3 Å². The molecule has 1 aromatic rings. The SMILES string of the molecule is CN=C(NCCCC(=O)NC1CC1)NCCc1ccc(Cl)nc1. The Labute approximate surface area is 142 Å². The van der Waals surface area contributed by atoms with E-state index in [-0.39, 0.29) is 5.91 Å². The molecule has 1 fully saturated rings. The fourth-order valence-corrected chi connectivity index (χ4v) is 2.20. The van der Waals surface area contributed by atoms with Crippen LogP contribution in [-0.2, 0) is 11.2 Å². The van der Waals surface area contributed by atoms with Crippen LogP contribution in [-0.4, -0.2) is 43.0 Å². The molecule has 126 valence electrons. The molecule has 0 spiro atoms. The van der Waals surface area contributed by atoms with Crippen molar-refractivity contribution >= 4 is 23.5 Å². The zero-order chi connectivity index (χ0) is 16.5. The van der Waals surface area contributed by atoms with Gasteiger partial charge in [-0.3, -0.25) is 9.79 Å². The van der Waals surface area contributed by atoms with Crippen LogP contribution in [0.1, 0.15) is 31.2 Å². The summed E-state index contributed by atoms with van der Waals surface area (Å²) in [7, 11) is 1.74. The van der Waals surface area contributed by atoms with E-state index in [4.69, 9.17) is 11.6 Å². The summed E-state index contributed by atoms with van der Waals surface area (Å²) in [5, 5.41) is 9.94. The number of aromatic nitrogens is 1. The molecular formula is C16H24ClN5O. The molecule has 0 aliphatic heterocycles. The average molecular weight is 338 g/mol. The summed E-state index contributed by atoms with van der Waals surface area (Å²) in [6.45, 7) is 1.48. The van der Waals surface area contributed by atoms with Crippen LogP contribution in [0.15, 0.2) is 23.3 Å². The first-order valence-electron chi connectivity index (χ1n) is 8.01. The van der Waals surface area contributed by atoms with Gasteiger partial charge in [0.05, 0.1) is 0 Å². The number of carbonyl (C=O) groups excluding carboxylic acids is 1. The minimum Gasteiger partial charge on any atom is -0.356 e. The Kier molecular flexibility index (Phi) is 7.13. The van der Waals surface area contributed by atoms with Crippen molar-refractivity contribution < 1.29 is 4.79 Å². The Morgan fingerprint density at radius 3 is 2.78 bits per heavy atom. The number of guanidine groups is 1. The molecule has 1 aliphatic carbocycles. The largest absolute Gasteiger partial charge is 0.356 e. The van der Waals surface area contributed by atoms with E-state index in [1.165, 1.54) is 0 Å². The lowest BCUT2D eigenvalue weighted by Crippen LogP contribution is -2.39. The first-order valence-corrected chi connectivity index (χ1v) is 8.39. The average Bonchev–Trinajstić information content (AvgIpc) is 3.35. The molecule has 3 N–H and O–H groups in total. The smallest absolute Gasteiger partial charge is 0.220 e. The van der Waals surface area contributed by atoms with Gasteiger partial charge in [0.2, 0.25) is 5.91 Å². The van der Waals surface area contributed by atoms with E-state index in [2.05, 4.69) is 25.9 Å². The van der Waals surface area contributed by atoms with Crippen molar-refractivity contribution in [3.05, 3.63) is 29.0 Å². The van der Waals surface area contributed by atoms with Crippen LogP contribution in [0.5, 0.6) is 0 Å². The van der Waals surface area contributed by atoms with Crippen molar-refractivity contribution in [1.29, 1.82) is 0 Å². The van der Waals surface area contributed by atoms with Crippen molar-refractivity contribution in [1.82, 2.24) is 20.9 Å². The molecule has 0 bridgehead atoms. The first kappa shape index (κ1) is 17.5. The number of pyridine rings is 1. The number of amides is 1. The van der Waals surface area contributed by atoms with Crippen LogP contribution in [0.3, 0.4) is 0 Å². The van der Waals surface area contributed by atoms with Gasteiger partial charge in [0, 0.05) is 38.8 Å². The van der Waals surface area contributed by atoms with Gasteiger partial charge in [0.1, 0.15) is 5.15 Å². The number of nitrogens with zero attached hydrogens (tertiary/aromatic N) is 2. The molecule has 1 saturated carbocycles. The van der Waals surface area contributed by atoms with E-state index in [1.54, 1.807) is 19.3 Å². The normalized spacial score (nSPS) is 14.4. The van der Waals surface area contributed by atoms with Gasteiger partial charge in [-0.1, -0.05) is 17.7 Å². The maximum absolute atomic E-state index is 11.6. The molecule has 1 amide bonds. The molecule has 6 nitrogen and oxygen atoms in total. The highest BCUT2D eigenvalue weighted by molar-refractivity contribution is 6.29. The molecule has 0 aromatic carbocycles. The number of rotatable bonds is 8. The molecule has 1 heterocycles. The zero-order valence-corrected chi connectivity index (χ0v) is 14.2. The monoisotopic (exact) mass is 337 g/mol. The molecular weight excluding hydrogens is 314 g/mol. The number of carbonyl (C=O) groups is 1. The van der Waals surface area contributed by atoms with Crippen LogP contribution in [0, 0.1) is 0 Å². The van der Waals surface area contributed by atoms with E-state index in [0.29, 0.717) is 17.6 Å². The van der Waals surface area contributed by atoms with E-state index < -0.39 is 0 Å². The Bertz CT molecular complexity index is 528. The molecule has 0 radical (unpaired) electrons. The Morgan fingerprint density at radius 1 is 1.35 bits per heavy atom. The standard InChI is InChI=1S/C16H24ClN5O/c1-18-16(19-9-2-3-15(23)22-13-5-6-13)20-10-8-12-4-7-14(17)21-11-12/h4,7,11,13H,2-3,5-6,8-10H2,1H3,(H,22,23)(H2,18,19,20). The molecule has 7 heteroatoms. The second-order valence-electron chi connectivity index (χ2n) is 5.61. The molecule has 1 aliphatic rings. The number of aliphatic imine (C=N–C) groups is 1. The number of hydrogen-bond acceptors (Lipinski definition) is 3. The van der Waals surface area contributed by atoms with Gasteiger partial charge in [0.25, 0.3) is 0 Å². The van der Waals surface area contributed by atoms with Crippen LogP contribution >= 0.6 is 11.6 Å². The third-order valence-corrected chi connectivity index (χ3v) is 3.76. The Balaban J connectivity index is 1.55. The third-order valence-electron chi connectivity index (χ3n) is 3.53. The summed E-state index contributed by atoms with van der Waals surface area (Å²) >= 11 is 5.76. The van der Waals surface area contributed by atoms with Crippen LogP contribution < -0.4 is 16.0 Å². The lowest BCUT2D eigenvalue weighted by Gasteiger charge is -2.11. The van der Waals surface area contributed by atoms with Crippen LogP contribution in [0.25, 0.3) is 0 Å². The zero-order valence-electron chi connectivity index (χ0n) is 13.4. The topological polar surface area (TPSA) is 78.4 Å². The molecule has 1 aromatic heterocycles. The minimum absolute atomic E-state index is 0.146. The van der Waals surface area contributed by atoms with Crippen molar-refractivity contribution in [3.8, 4) is 0 Å². The van der Waals surface area contributed by atoms with Crippen molar-refractivity contribution in [2.45, 2.75) is 38.1 Å². The Morgan fingerprint density at radius 2 is 2.13 bits per heavy atom. The van der Waals surface area contributed by atoms with Gasteiger partial charge in [-0.05, 0) is 37.3 Å². The van der Waals surface area contributed by atoms with Gasteiger partial charge in [-0.15, -0.1) is 0 Å². The Hall–Kier alpha value is -1.82. The van der Waals surface area contributed by atoms with E-state index in [9.17, 15) is 4.79 Å². The lowest BCUT2D eigenvalue weighted by atomic mass is 10.2. The maximum Gasteiger partial charge on any atom is 0.220 e. The van der Waals surface area contributed by atoms with Crippen molar-refractivity contribution in [3.63, 3.8) is 0 Å². The number of nitrogens with one attached hydrogen (secondary N) is 3. The highest BCUT2D eigenvalue weighted by Gasteiger charge is 2.22. The molecule has 2 rings (SSSR count). The first-order chi connectivity index (χ1) is 11.2. The summed E-state index contributed by atoms with van der Waals surface area (Å²) in [5.74, 6) is 0.891. The number of hydrogen-bond donors (Lipinski definition) is 3. The predicted octanol–water partition coefficient (Wildman–Crippen LogP) is 1.50. The van der Waals surface area contributed by atoms with Gasteiger partial charge >= 0.3 is 0 Å². The third kappa shape index (κ3) is 7.32. The minimum atomic E-state index is 0.146. The second kappa shape index (κ2) is 9.35. The summed E-state index contributed by atoms with van der Waals surface area (Å²) in [4.78, 5) is 19.8. The quantitative estimate of drug-likeness (QED) is 0.291. The van der Waals surface area contributed by atoms with Crippen molar-refractivity contribution in [2.75, 3.05) is 20.1 Å². The van der Waals surface area contributed by atoms with Gasteiger partial charge in [-0.2, -0.15) is 0 Å². The highest BCUT2D eigenvalue weighted by atomic mass is 35.5. The highest BCUT2D eigenvalue weighted by Crippen LogP contribution is 2.18. The molecule has 23 heavy (non-hydrogen) atoms. The van der Waals surface area contributed by atoms with Crippen LogP contribution in [0.2, 0.25) is 5.15 Å². The summed E-state index contributed by atoms with van der Waals surface area (Å²) in [5.41, 5.74) is 1.12.